The van der Waals surface area contributed by atoms with Crippen molar-refractivity contribution in [1.82, 2.24) is 0 Å². The second-order valence-electron chi connectivity index (χ2n) is 10.6. The molecule has 1 aromatic rings. The van der Waals surface area contributed by atoms with Crippen LogP contribution in [0.3, 0.4) is 0 Å². The molecule has 8 atom stereocenters. The molecule has 7 rings (SSSR count). The number of ketones is 4. The number of fused-ring (bicyclic) bond motifs is 9. The third kappa shape index (κ3) is 1.61. The average molecular weight is 410 g/mol. The van der Waals surface area contributed by atoms with Crippen molar-refractivity contribution in [3.63, 3.8) is 0 Å². The lowest BCUT2D eigenvalue weighted by Gasteiger charge is -2.55. The number of rotatable bonds is 1. The fourth-order valence-corrected chi connectivity index (χ4v) is 9.18. The van der Waals surface area contributed by atoms with Crippen LogP contribution >= 0.6 is 0 Å². The summed E-state index contributed by atoms with van der Waals surface area (Å²) in [5.41, 5.74) is 0.573. The summed E-state index contributed by atoms with van der Waals surface area (Å²) >= 11 is 0. The molecular weight excluding hydrogens is 388 g/mol. The van der Waals surface area contributed by atoms with E-state index in [1.165, 1.54) is 24.3 Å². The zero-order valence-corrected chi connectivity index (χ0v) is 17.2. The van der Waals surface area contributed by atoms with Gasteiger partial charge < -0.3 is 0 Å². The molecular formula is C27H22O4. The Morgan fingerprint density at radius 3 is 2.10 bits per heavy atom. The summed E-state index contributed by atoms with van der Waals surface area (Å²) in [6.07, 6.45) is 9.43. The maximum atomic E-state index is 13.3. The fourth-order valence-electron chi connectivity index (χ4n) is 9.18. The van der Waals surface area contributed by atoms with E-state index in [1.54, 1.807) is 0 Å². The molecule has 154 valence electrons. The monoisotopic (exact) mass is 410 g/mol. The van der Waals surface area contributed by atoms with Crippen molar-refractivity contribution in [2.45, 2.75) is 25.2 Å². The highest BCUT2D eigenvalue weighted by molar-refractivity contribution is 6.12. The smallest absolute Gasteiger partial charge is 0.160 e. The van der Waals surface area contributed by atoms with E-state index in [0.717, 1.165) is 17.6 Å². The molecule has 1 spiro atoms. The van der Waals surface area contributed by atoms with Crippen LogP contribution < -0.4 is 0 Å². The van der Waals surface area contributed by atoms with Gasteiger partial charge in [0.2, 0.25) is 0 Å². The van der Waals surface area contributed by atoms with Gasteiger partial charge in [-0.15, -0.1) is 0 Å². The van der Waals surface area contributed by atoms with Crippen molar-refractivity contribution >= 4 is 23.1 Å². The zero-order valence-electron chi connectivity index (χ0n) is 17.2. The molecule has 31 heavy (non-hydrogen) atoms. The molecule has 0 aliphatic heterocycles. The second-order valence-corrected chi connectivity index (χ2v) is 10.6. The third-order valence-corrected chi connectivity index (χ3v) is 9.83. The van der Waals surface area contributed by atoms with E-state index in [0.29, 0.717) is 6.42 Å². The van der Waals surface area contributed by atoms with Crippen LogP contribution in [0, 0.1) is 40.4 Å². The highest BCUT2D eigenvalue weighted by atomic mass is 16.1. The number of hydrogen-bond donors (Lipinski definition) is 0. The molecule has 3 saturated carbocycles. The van der Waals surface area contributed by atoms with Gasteiger partial charge in [-0.25, -0.2) is 0 Å². The number of allylic oxidation sites excluding steroid dienone is 6. The Bertz CT molecular complexity index is 1220. The first-order valence-electron chi connectivity index (χ1n) is 11.2. The van der Waals surface area contributed by atoms with Gasteiger partial charge in [0.1, 0.15) is 0 Å². The van der Waals surface area contributed by atoms with Gasteiger partial charge in [0.25, 0.3) is 0 Å². The van der Waals surface area contributed by atoms with E-state index in [1.807, 2.05) is 18.2 Å². The molecule has 0 aromatic heterocycles. The summed E-state index contributed by atoms with van der Waals surface area (Å²) in [5, 5.41) is 0. The van der Waals surface area contributed by atoms with Gasteiger partial charge >= 0.3 is 0 Å². The van der Waals surface area contributed by atoms with Crippen LogP contribution in [0.25, 0.3) is 0 Å². The first-order valence-corrected chi connectivity index (χ1v) is 11.2. The lowest BCUT2D eigenvalue weighted by atomic mass is 9.45. The Morgan fingerprint density at radius 1 is 0.774 bits per heavy atom. The highest BCUT2D eigenvalue weighted by Gasteiger charge is 2.84. The lowest BCUT2D eigenvalue weighted by molar-refractivity contribution is -0.143. The molecule has 6 aliphatic rings. The van der Waals surface area contributed by atoms with Crippen molar-refractivity contribution in [3.05, 3.63) is 71.8 Å². The van der Waals surface area contributed by atoms with E-state index in [2.05, 4.69) is 25.1 Å². The first-order chi connectivity index (χ1) is 14.9. The van der Waals surface area contributed by atoms with Crippen LogP contribution in [-0.2, 0) is 24.6 Å². The summed E-state index contributed by atoms with van der Waals surface area (Å²) in [4.78, 5) is 52.8. The van der Waals surface area contributed by atoms with Crippen LogP contribution in [-0.4, -0.2) is 23.1 Å². The third-order valence-electron chi connectivity index (χ3n) is 9.83. The molecule has 0 radical (unpaired) electrons. The Hall–Kier alpha value is -2.88. The molecule has 0 saturated heterocycles. The number of carbonyl (C=O) groups excluding carboxylic acids is 4. The van der Waals surface area contributed by atoms with Gasteiger partial charge in [-0.2, -0.15) is 0 Å². The molecule has 4 nitrogen and oxygen atoms in total. The Labute approximate surface area is 180 Å². The van der Waals surface area contributed by atoms with Gasteiger partial charge in [-0.1, -0.05) is 48.9 Å². The standard InChI is InChI=1S/C27H22O4/c1-25-13-26(15-5-3-2-4-6-15,24-19(31)10-9-18(30)23(24)25)20-11-14-12-27(20,25)22-17(29)8-7-16(28)21(14)22/h2-11,14,21-24H,12-13H2,1H3/t14-,21+,22?,23-,24+,25+,26-,27+/m0/s1. The van der Waals surface area contributed by atoms with Crippen molar-refractivity contribution < 1.29 is 19.2 Å². The molecule has 3 fully saturated rings. The topological polar surface area (TPSA) is 68.3 Å². The minimum Gasteiger partial charge on any atom is -0.294 e. The minimum atomic E-state index is -0.581. The molecule has 0 heterocycles. The highest BCUT2D eigenvalue weighted by Crippen LogP contribution is 2.85. The van der Waals surface area contributed by atoms with Crippen molar-refractivity contribution in [1.29, 1.82) is 0 Å². The molecule has 0 amide bonds. The predicted molar refractivity (Wildman–Crippen MR) is 112 cm³/mol. The van der Waals surface area contributed by atoms with Crippen LogP contribution in [0.4, 0.5) is 0 Å². The maximum absolute atomic E-state index is 13.3. The number of hydrogen-bond acceptors (Lipinski definition) is 4. The summed E-state index contributed by atoms with van der Waals surface area (Å²) in [7, 11) is 0. The van der Waals surface area contributed by atoms with E-state index in [4.69, 9.17) is 0 Å². The Morgan fingerprint density at radius 2 is 1.39 bits per heavy atom. The first kappa shape index (κ1) is 17.8. The SMILES string of the molecule is C[C@]12C[C@](c3ccccc3)(C3=C[C@H]4C[C@]31C1C(=O)C=CC(=O)[C@H]14)[C@@H]1C(=O)C=CC(=O)[C@@H]12. The normalized spacial score (nSPS) is 48.2. The van der Waals surface area contributed by atoms with E-state index >= 15 is 0 Å². The zero-order chi connectivity index (χ0) is 21.3. The molecule has 4 heteroatoms. The van der Waals surface area contributed by atoms with Gasteiger partial charge in [0.05, 0.1) is 0 Å². The second kappa shape index (κ2) is 5.12. The van der Waals surface area contributed by atoms with Gasteiger partial charge in [0.15, 0.2) is 23.1 Å². The molecule has 0 N–H and O–H groups in total. The maximum Gasteiger partial charge on any atom is 0.160 e. The summed E-state index contributed by atoms with van der Waals surface area (Å²) in [6.45, 7) is 2.13. The summed E-state index contributed by atoms with van der Waals surface area (Å²) in [5.74, 6) is -1.57. The predicted octanol–water partition coefficient (Wildman–Crippen LogP) is 3.18. The summed E-state index contributed by atoms with van der Waals surface area (Å²) in [6, 6.07) is 10.1. The average Bonchev–Trinajstić information content (AvgIpc) is 3.46. The lowest BCUT2D eigenvalue weighted by Crippen LogP contribution is -2.58. The molecule has 4 bridgehead atoms. The Balaban J connectivity index is 1.57. The van der Waals surface area contributed by atoms with Crippen LogP contribution in [0.1, 0.15) is 25.3 Å². The van der Waals surface area contributed by atoms with Crippen molar-refractivity contribution in [2.75, 3.05) is 0 Å². The number of carbonyl (C=O) groups is 4. The molecule has 1 aromatic carbocycles. The van der Waals surface area contributed by atoms with Crippen LogP contribution in [0.2, 0.25) is 0 Å². The molecule has 1 unspecified atom stereocenters. The van der Waals surface area contributed by atoms with E-state index in [-0.39, 0.29) is 35.0 Å². The van der Waals surface area contributed by atoms with Crippen LogP contribution in [0.5, 0.6) is 0 Å². The van der Waals surface area contributed by atoms with Gasteiger partial charge in [0, 0.05) is 34.5 Å². The summed E-state index contributed by atoms with van der Waals surface area (Å²) < 4.78 is 0. The quantitative estimate of drug-likeness (QED) is 0.667. The van der Waals surface area contributed by atoms with Crippen molar-refractivity contribution in [2.24, 2.45) is 40.4 Å². The fraction of sp³-hybridized carbons (Fsp3) is 0.407. The van der Waals surface area contributed by atoms with Crippen LogP contribution in [0.15, 0.2) is 66.3 Å². The van der Waals surface area contributed by atoms with E-state index < -0.39 is 34.0 Å². The number of benzene rings is 1. The van der Waals surface area contributed by atoms with Crippen molar-refractivity contribution in [3.8, 4) is 0 Å². The Kier molecular flexibility index (Phi) is 2.93. The largest absolute Gasteiger partial charge is 0.294 e. The van der Waals surface area contributed by atoms with Gasteiger partial charge in [-0.05, 0) is 54.0 Å². The molecule has 6 aliphatic carbocycles. The van der Waals surface area contributed by atoms with E-state index in [9.17, 15) is 19.2 Å². The van der Waals surface area contributed by atoms with Gasteiger partial charge in [-0.3, -0.25) is 19.2 Å². The minimum absolute atomic E-state index is 0.00225.